The first-order valence-corrected chi connectivity index (χ1v) is 8.92. The van der Waals surface area contributed by atoms with Gasteiger partial charge in [0.2, 0.25) is 0 Å². The van der Waals surface area contributed by atoms with Crippen molar-refractivity contribution in [2.45, 2.75) is 65.9 Å². The molecule has 0 aromatic heterocycles. The first kappa shape index (κ1) is 18.9. The van der Waals surface area contributed by atoms with Gasteiger partial charge < -0.3 is 14.5 Å². The molecule has 0 aromatic carbocycles. The van der Waals surface area contributed by atoms with Crippen LogP contribution in [0.3, 0.4) is 0 Å². The fraction of sp³-hybridized carbons (Fsp3) is 1.00. The molecule has 0 bridgehead atoms. The van der Waals surface area contributed by atoms with E-state index in [9.17, 15) is 0 Å². The first-order valence-electron chi connectivity index (χ1n) is 8.92. The van der Waals surface area contributed by atoms with Gasteiger partial charge >= 0.3 is 0 Å². The largest absolute Gasteiger partial charge is 0.381 e. The summed E-state index contributed by atoms with van der Waals surface area (Å²) in [6.07, 6.45) is 6.76. The number of nitrogens with zero attached hydrogens (tertiary/aromatic N) is 2. The van der Waals surface area contributed by atoms with Crippen LogP contribution < -0.4 is 0 Å². The van der Waals surface area contributed by atoms with E-state index in [0.717, 1.165) is 0 Å². The SMILES string of the molecule is CCN1CCN(CCC[C@H](CCCC(C)(C)C)OC)CC1. The second kappa shape index (κ2) is 9.81. The van der Waals surface area contributed by atoms with E-state index >= 15 is 0 Å². The summed E-state index contributed by atoms with van der Waals surface area (Å²) >= 11 is 0. The predicted octanol–water partition coefficient (Wildman–Crippen LogP) is 3.64. The monoisotopic (exact) mass is 298 g/mol. The zero-order valence-corrected chi connectivity index (χ0v) is 15.2. The quantitative estimate of drug-likeness (QED) is 0.646. The molecule has 1 aliphatic rings. The summed E-state index contributed by atoms with van der Waals surface area (Å²) in [7, 11) is 1.88. The Labute approximate surface area is 133 Å². The zero-order valence-electron chi connectivity index (χ0n) is 15.2. The molecule has 1 atom stereocenters. The molecule has 1 aliphatic heterocycles. The second-order valence-electron chi connectivity index (χ2n) is 7.73. The highest BCUT2D eigenvalue weighted by Crippen LogP contribution is 2.23. The minimum atomic E-state index is 0.456. The smallest absolute Gasteiger partial charge is 0.0571 e. The van der Waals surface area contributed by atoms with E-state index < -0.39 is 0 Å². The van der Waals surface area contributed by atoms with Crippen LogP contribution in [-0.2, 0) is 4.74 Å². The Hall–Kier alpha value is -0.120. The van der Waals surface area contributed by atoms with E-state index in [0.29, 0.717) is 11.5 Å². The van der Waals surface area contributed by atoms with Crippen LogP contribution in [0.15, 0.2) is 0 Å². The molecule has 1 rings (SSSR count). The summed E-state index contributed by atoms with van der Waals surface area (Å²) in [5.74, 6) is 0. The summed E-state index contributed by atoms with van der Waals surface area (Å²) in [5.41, 5.74) is 0.456. The topological polar surface area (TPSA) is 15.7 Å². The number of ether oxygens (including phenoxy) is 1. The van der Waals surface area contributed by atoms with Crippen molar-refractivity contribution in [3.63, 3.8) is 0 Å². The molecule has 0 N–H and O–H groups in total. The van der Waals surface area contributed by atoms with Crippen LogP contribution in [0.1, 0.15) is 59.8 Å². The lowest BCUT2D eigenvalue weighted by molar-refractivity contribution is 0.0743. The molecule has 0 spiro atoms. The van der Waals surface area contributed by atoms with E-state index in [2.05, 4.69) is 37.5 Å². The van der Waals surface area contributed by atoms with Crippen LogP contribution in [0.5, 0.6) is 0 Å². The molecule has 21 heavy (non-hydrogen) atoms. The van der Waals surface area contributed by atoms with E-state index in [4.69, 9.17) is 4.74 Å². The molecule has 0 radical (unpaired) electrons. The van der Waals surface area contributed by atoms with E-state index in [1.165, 1.54) is 71.4 Å². The number of piperazine rings is 1. The van der Waals surface area contributed by atoms with Gasteiger partial charge in [-0.15, -0.1) is 0 Å². The van der Waals surface area contributed by atoms with Gasteiger partial charge in [0.25, 0.3) is 0 Å². The van der Waals surface area contributed by atoms with Crippen molar-refractivity contribution in [1.82, 2.24) is 9.80 Å². The van der Waals surface area contributed by atoms with Gasteiger partial charge in [-0.25, -0.2) is 0 Å². The van der Waals surface area contributed by atoms with Crippen molar-refractivity contribution in [3.05, 3.63) is 0 Å². The maximum atomic E-state index is 5.66. The van der Waals surface area contributed by atoms with Crippen molar-refractivity contribution in [2.75, 3.05) is 46.4 Å². The van der Waals surface area contributed by atoms with Crippen LogP contribution in [-0.4, -0.2) is 62.3 Å². The maximum absolute atomic E-state index is 5.66. The van der Waals surface area contributed by atoms with Crippen LogP contribution in [0, 0.1) is 5.41 Å². The highest BCUT2D eigenvalue weighted by atomic mass is 16.5. The number of rotatable bonds is 9. The lowest BCUT2D eigenvalue weighted by Crippen LogP contribution is -2.46. The molecule has 0 aliphatic carbocycles. The molecule has 3 nitrogen and oxygen atoms in total. The van der Waals surface area contributed by atoms with E-state index in [-0.39, 0.29) is 0 Å². The molecule has 0 unspecified atom stereocenters. The minimum absolute atomic E-state index is 0.456. The Morgan fingerprint density at radius 3 is 2.05 bits per heavy atom. The van der Waals surface area contributed by atoms with Gasteiger partial charge in [-0.2, -0.15) is 0 Å². The Bertz CT molecular complexity index is 254. The van der Waals surface area contributed by atoms with Crippen LogP contribution in [0.4, 0.5) is 0 Å². The van der Waals surface area contributed by atoms with Gasteiger partial charge in [0, 0.05) is 33.3 Å². The number of methoxy groups -OCH3 is 1. The molecule has 0 aromatic rings. The number of hydrogen-bond donors (Lipinski definition) is 0. The normalized spacial score (nSPS) is 19.9. The number of likely N-dealkylation sites (N-methyl/N-ethyl adjacent to an activating group) is 1. The average molecular weight is 299 g/mol. The van der Waals surface area contributed by atoms with Crippen LogP contribution in [0.25, 0.3) is 0 Å². The third-order valence-corrected chi connectivity index (χ3v) is 4.70. The van der Waals surface area contributed by atoms with Crippen molar-refractivity contribution >= 4 is 0 Å². The van der Waals surface area contributed by atoms with Crippen molar-refractivity contribution in [2.24, 2.45) is 5.41 Å². The average Bonchev–Trinajstić information content (AvgIpc) is 2.45. The Kier molecular flexibility index (Phi) is 8.84. The minimum Gasteiger partial charge on any atom is -0.381 e. The first-order chi connectivity index (χ1) is 9.94. The lowest BCUT2D eigenvalue weighted by Gasteiger charge is -2.34. The molecule has 1 fully saturated rings. The van der Waals surface area contributed by atoms with Gasteiger partial charge in [0.15, 0.2) is 0 Å². The molecular weight excluding hydrogens is 260 g/mol. The predicted molar refractivity (Wildman–Crippen MR) is 91.9 cm³/mol. The third-order valence-electron chi connectivity index (χ3n) is 4.70. The van der Waals surface area contributed by atoms with Gasteiger partial charge in [-0.3, -0.25) is 0 Å². The van der Waals surface area contributed by atoms with Gasteiger partial charge in [0.05, 0.1) is 6.10 Å². The van der Waals surface area contributed by atoms with Gasteiger partial charge in [-0.1, -0.05) is 34.1 Å². The molecular formula is C18H38N2O. The molecule has 126 valence electrons. The summed E-state index contributed by atoms with van der Waals surface area (Å²) in [6, 6.07) is 0. The summed E-state index contributed by atoms with van der Waals surface area (Å²) in [6.45, 7) is 16.7. The number of hydrogen-bond acceptors (Lipinski definition) is 3. The standard InChI is InChI=1S/C18H38N2O/c1-6-19-13-15-20(16-14-19)12-8-10-17(21-5)9-7-11-18(2,3)4/h17H,6-16H2,1-5H3/t17-/m0/s1. The molecule has 0 amide bonds. The van der Waals surface area contributed by atoms with Gasteiger partial charge in [-0.05, 0) is 44.2 Å². The van der Waals surface area contributed by atoms with E-state index in [1.807, 2.05) is 7.11 Å². The Morgan fingerprint density at radius 1 is 0.952 bits per heavy atom. The molecule has 3 heteroatoms. The third kappa shape index (κ3) is 8.80. The van der Waals surface area contributed by atoms with Gasteiger partial charge in [0.1, 0.15) is 0 Å². The second-order valence-corrected chi connectivity index (χ2v) is 7.73. The van der Waals surface area contributed by atoms with Crippen molar-refractivity contribution < 1.29 is 4.74 Å². The molecule has 1 saturated heterocycles. The fourth-order valence-corrected chi connectivity index (χ4v) is 3.11. The summed E-state index contributed by atoms with van der Waals surface area (Å²) < 4.78 is 5.66. The summed E-state index contributed by atoms with van der Waals surface area (Å²) in [5, 5.41) is 0. The zero-order chi connectivity index (χ0) is 15.7. The highest BCUT2D eigenvalue weighted by molar-refractivity contribution is 4.72. The summed E-state index contributed by atoms with van der Waals surface area (Å²) in [4.78, 5) is 5.16. The van der Waals surface area contributed by atoms with Crippen molar-refractivity contribution in [3.8, 4) is 0 Å². The lowest BCUT2D eigenvalue weighted by atomic mass is 9.89. The molecule has 1 heterocycles. The Balaban J connectivity index is 2.09. The fourth-order valence-electron chi connectivity index (χ4n) is 3.11. The van der Waals surface area contributed by atoms with Crippen LogP contribution in [0.2, 0.25) is 0 Å². The Morgan fingerprint density at radius 2 is 1.52 bits per heavy atom. The highest BCUT2D eigenvalue weighted by Gasteiger charge is 2.16. The molecule has 0 saturated carbocycles. The van der Waals surface area contributed by atoms with Crippen LogP contribution >= 0.6 is 0 Å². The van der Waals surface area contributed by atoms with E-state index in [1.54, 1.807) is 0 Å². The maximum Gasteiger partial charge on any atom is 0.0571 e. The van der Waals surface area contributed by atoms with Crippen molar-refractivity contribution in [1.29, 1.82) is 0 Å².